The summed E-state index contributed by atoms with van der Waals surface area (Å²) >= 11 is 1.60. The van der Waals surface area contributed by atoms with E-state index >= 15 is 0 Å². The minimum Gasteiger partial charge on any atom is -0.337 e. The molecule has 3 heteroatoms. The van der Waals surface area contributed by atoms with Gasteiger partial charge >= 0.3 is 0 Å². The Hall–Kier alpha value is -1.61. The average molecular weight is 299 g/mol. The maximum atomic E-state index is 12.7. The third kappa shape index (κ3) is 3.18. The molecule has 110 valence electrons. The van der Waals surface area contributed by atoms with Crippen LogP contribution in [0.4, 0.5) is 0 Å². The lowest BCUT2D eigenvalue weighted by Gasteiger charge is -2.34. The second-order valence-electron chi connectivity index (χ2n) is 6.19. The summed E-state index contributed by atoms with van der Waals surface area (Å²) in [6.07, 6.45) is 1.23. The average Bonchev–Trinajstić information content (AvgIpc) is 2.96. The van der Waals surface area contributed by atoms with E-state index in [0.717, 1.165) is 22.8 Å². The molecule has 1 fully saturated rings. The minimum absolute atomic E-state index is 0.195. The minimum atomic E-state index is 0.195. The zero-order valence-corrected chi connectivity index (χ0v) is 13.4. The van der Waals surface area contributed by atoms with Crippen LogP contribution in [0.5, 0.6) is 0 Å². The van der Waals surface area contributed by atoms with E-state index in [0.29, 0.717) is 11.8 Å². The van der Waals surface area contributed by atoms with Gasteiger partial charge in [-0.2, -0.15) is 0 Å². The number of carbonyl (C=O) groups excluding carboxylic acids is 1. The number of hydrogen-bond donors (Lipinski definition) is 0. The number of benzene rings is 1. The first-order valence-electron chi connectivity index (χ1n) is 7.58. The van der Waals surface area contributed by atoms with Gasteiger partial charge in [0, 0.05) is 18.0 Å². The Morgan fingerprint density at radius 2 is 1.71 bits per heavy atom. The van der Waals surface area contributed by atoms with Gasteiger partial charge in [0.25, 0.3) is 5.91 Å². The quantitative estimate of drug-likeness (QED) is 0.797. The van der Waals surface area contributed by atoms with Crippen LogP contribution in [0.1, 0.15) is 29.9 Å². The molecular weight excluding hydrogens is 278 g/mol. The van der Waals surface area contributed by atoms with E-state index < -0.39 is 0 Å². The lowest BCUT2D eigenvalue weighted by molar-refractivity contribution is 0.0628. The zero-order valence-electron chi connectivity index (χ0n) is 12.6. The molecule has 2 atom stereocenters. The Morgan fingerprint density at radius 1 is 1.05 bits per heavy atom. The van der Waals surface area contributed by atoms with Crippen LogP contribution in [0.15, 0.2) is 42.5 Å². The van der Waals surface area contributed by atoms with Crippen LogP contribution in [-0.4, -0.2) is 23.9 Å². The van der Waals surface area contributed by atoms with E-state index in [1.807, 2.05) is 29.2 Å². The molecule has 1 aromatic heterocycles. The summed E-state index contributed by atoms with van der Waals surface area (Å²) in [5, 5.41) is 0. The predicted octanol–water partition coefficient (Wildman–Crippen LogP) is 4.53. The summed E-state index contributed by atoms with van der Waals surface area (Å²) in [6, 6.07) is 14.3. The van der Waals surface area contributed by atoms with E-state index in [1.165, 1.54) is 12.0 Å². The molecule has 2 nitrogen and oxygen atoms in total. The number of hydrogen-bond acceptors (Lipinski definition) is 2. The molecule has 1 aliphatic heterocycles. The Labute approximate surface area is 130 Å². The third-order valence-corrected chi connectivity index (χ3v) is 5.15. The van der Waals surface area contributed by atoms with Crippen molar-refractivity contribution in [3.8, 4) is 10.4 Å². The normalized spacial score (nSPS) is 22.3. The Morgan fingerprint density at radius 3 is 2.38 bits per heavy atom. The molecule has 0 radical (unpaired) electrons. The number of likely N-dealkylation sites (tertiary alicyclic amines) is 1. The van der Waals surface area contributed by atoms with E-state index in [4.69, 9.17) is 0 Å². The molecule has 21 heavy (non-hydrogen) atoms. The molecule has 1 amide bonds. The summed E-state index contributed by atoms with van der Waals surface area (Å²) in [4.78, 5) is 16.7. The van der Waals surface area contributed by atoms with Crippen LogP contribution in [-0.2, 0) is 0 Å². The van der Waals surface area contributed by atoms with E-state index in [1.54, 1.807) is 11.3 Å². The van der Waals surface area contributed by atoms with Crippen LogP contribution < -0.4 is 0 Å². The number of nitrogens with zero attached hydrogens (tertiary/aromatic N) is 1. The SMILES string of the molecule is CC1CC(C)CN(C(=O)c2ccc(-c3ccccc3)s2)C1. The molecule has 2 aromatic rings. The van der Waals surface area contributed by atoms with Crippen molar-refractivity contribution in [1.29, 1.82) is 0 Å². The molecule has 0 N–H and O–H groups in total. The summed E-state index contributed by atoms with van der Waals surface area (Å²) in [7, 11) is 0. The van der Waals surface area contributed by atoms with Gasteiger partial charge in [0.1, 0.15) is 0 Å². The summed E-state index contributed by atoms with van der Waals surface area (Å²) in [6.45, 7) is 6.25. The molecule has 2 unspecified atom stereocenters. The van der Waals surface area contributed by atoms with Crippen molar-refractivity contribution < 1.29 is 4.79 Å². The van der Waals surface area contributed by atoms with Crippen molar-refractivity contribution in [1.82, 2.24) is 4.90 Å². The third-order valence-electron chi connectivity index (χ3n) is 4.03. The number of piperidine rings is 1. The molecule has 0 aliphatic carbocycles. The van der Waals surface area contributed by atoms with Gasteiger partial charge in [0.05, 0.1) is 4.88 Å². The highest BCUT2D eigenvalue weighted by molar-refractivity contribution is 7.17. The van der Waals surface area contributed by atoms with Crippen molar-refractivity contribution in [2.45, 2.75) is 20.3 Å². The fourth-order valence-electron chi connectivity index (χ4n) is 3.19. The van der Waals surface area contributed by atoms with Crippen molar-refractivity contribution >= 4 is 17.2 Å². The molecule has 1 aromatic carbocycles. The number of amides is 1. The van der Waals surface area contributed by atoms with Gasteiger partial charge < -0.3 is 4.90 Å². The van der Waals surface area contributed by atoms with Crippen LogP contribution in [0.2, 0.25) is 0 Å². The van der Waals surface area contributed by atoms with Crippen molar-refractivity contribution in [3.63, 3.8) is 0 Å². The first kappa shape index (κ1) is 14.3. The van der Waals surface area contributed by atoms with Gasteiger partial charge in [-0.05, 0) is 36.0 Å². The van der Waals surface area contributed by atoms with Crippen molar-refractivity contribution in [3.05, 3.63) is 47.3 Å². The number of carbonyl (C=O) groups is 1. The molecule has 2 heterocycles. The standard InChI is InChI=1S/C18H21NOS/c1-13-10-14(2)12-19(11-13)18(20)17-9-8-16(21-17)15-6-4-3-5-7-15/h3-9,13-14H,10-12H2,1-2H3. The highest BCUT2D eigenvalue weighted by Gasteiger charge is 2.26. The van der Waals surface area contributed by atoms with Gasteiger partial charge in [-0.3, -0.25) is 4.79 Å². The van der Waals surface area contributed by atoms with Gasteiger partial charge in [-0.15, -0.1) is 11.3 Å². The van der Waals surface area contributed by atoms with Gasteiger partial charge in [-0.1, -0.05) is 44.2 Å². The highest BCUT2D eigenvalue weighted by Crippen LogP contribution is 2.30. The molecule has 0 saturated carbocycles. The van der Waals surface area contributed by atoms with Gasteiger partial charge in [0.15, 0.2) is 0 Å². The van der Waals surface area contributed by atoms with Crippen LogP contribution in [0.3, 0.4) is 0 Å². The van der Waals surface area contributed by atoms with Crippen LogP contribution in [0, 0.1) is 11.8 Å². The topological polar surface area (TPSA) is 20.3 Å². The second-order valence-corrected chi connectivity index (χ2v) is 7.27. The van der Waals surface area contributed by atoms with E-state index in [2.05, 4.69) is 32.0 Å². The molecule has 0 spiro atoms. The Balaban J connectivity index is 1.78. The van der Waals surface area contributed by atoms with E-state index in [9.17, 15) is 4.79 Å². The summed E-state index contributed by atoms with van der Waals surface area (Å²) < 4.78 is 0. The molecule has 0 bridgehead atoms. The zero-order chi connectivity index (χ0) is 14.8. The molecule has 1 saturated heterocycles. The largest absolute Gasteiger partial charge is 0.337 e. The predicted molar refractivity (Wildman–Crippen MR) is 88.6 cm³/mol. The van der Waals surface area contributed by atoms with Gasteiger partial charge in [-0.25, -0.2) is 0 Å². The Bertz CT molecular complexity index is 609. The number of rotatable bonds is 2. The van der Waals surface area contributed by atoms with Crippen molar-refractivity contribution in [2.24, 2.45) is 11.8 Å². The fraction of sp³-hybridized carbons (Fsp3) is 0.389. The second kappa shape index (κ2) is 6.02. The first-order valence-corrected chi connectivity index (χ1v) is 8.39. The first-order chi connectivity index (χ1) is 10.1. The Kier molecular flexibility index (Phi) is 4.11. The van der Waals surface area contributed by atoms with Crippen LogP contribution in [0.25, 0.3) is 10.4 Å². The van der Waals surface area contributed by atoms with Gasteiger partial charge in [0.2, 0.25) is 0 Å². The van der Waals surface area contributed by atoms with E-state index in [-0.39, 0.29) is 5.91 Å². The highest BCUT2D eigenvalue weighted by atomic mass is 32.1. The molecule has 1 aliphatic rings. The number of thiophene rings is 1. The molecular formula is C18H21NOS. The smallest absolute Gasteiger partial charge is 0.263 e. The fourth-order valence-corrected chi connectivity index (χ4v) is 4.17. The monoisotopic (exact) mass is 299 g/mol. The summed E-state index contributed by atoms with van der Waals surface area (Å²) in [5.41, 5.74) is 1.18. The van der Waals surface area contributed by atoms with Crippen molar-refractivity contribution in [2.75, 3.05) is 13.1 Å². The summed E-state index contributed by atoms with van der Waals surface area (Å²) in [5.74, 6) is 1.40. The lowest BCUT2D eigenvalue weighted by atomic mass is 9.92. The maximum Gasteiger partial charge on any atom is 0.263 e. The molecule has 3 rings (SSSR count). The maximum absolute atomic E-state index is 12.7. The van der Waals surface area contributed by atoms with Crippen LogP contribution >= 0.6 is 11.3 Å². The lowest BCUT2D eigenvalue weighted by Crippen LogP contribution is -2.42.